The fourth-order valence-electron chi connectivity index (χ4n) is 1.37. The maximum atomic E-state index is 12.3. The molecular weight excluding hydrogens is 249 g/mol. The standard InChI is InChI=1S/C11H9F3N2O2/c1-6(17)7-2-4-8(5-3-7)9-15-10(18-16-9)11(12,13)14/h2-6,17H,1H3. The number of aliphatic hydroxyl groups is 1. The molecule has 0 aliphatic carbocycles. The summed E-state index contributed by atoms with van der Waals surface area (Å²) in [5.41, 5.74) is 1.04. The number of aliphatic hydroxyl groups excluding tert-OH is 1. The lowest BCUT2D eigenvalue weighted by Gasteiger charge is -2.03. The van der Waals surface area contributed by atoms with Crippen molar-refractivity contribution >= 4 is 0 Å². The highest BCUT2D eigenvalue weighted by Gasteiger charge is 2.38. The molecule has 1 heterocycles. The SMILES string of the molecule is CC(O)c1ccc(-c2noc(C(F)(F)F)n2)cc1. The normalized spacial score (nSPS) is 13.6. The van der Waals surface area contributed by atoms with Gasteiger partial charge in [-0.15, -0.1) is 0 Å². The van der Waals surface area contributed by atoms with Crippen LogP contribution in [0.4, 0.5) is 13.2 Å². The molecule has 1 N–H and O–H groups in total. The van der Waals surface area contributed by atoms with Gasteiger partial charge < -0.3 is 9.63 Å². The first-order chi connectivity index (χ1) is 8.38. The van der Waals surface area contributed by atoms with Crippen LogP contribution in [0.3, 0.4) is 0 Å². The summed E-state index contributed by atoms with van der Waals surface area (Å²) < 4.78 is 40.9. The second kappa shape index (κ2) is 4.41. The Morgan fingerprint density at radius 2 is 1.83 bits per heavy atom. The smallest absolute Gasteiger partial charge is 0.389 e. The Kier molecular flexibility index (Phi) is 3.08. The first kappa shape index (κ1) is 12.6. The van der Waals surface area contributed by atoms with Gasteiger partial charge in [0, 0.05) is 5.56 Å². The van der Waals surface area contributed by atoms with Crippen molar-refractivity contribution in [2.24, 2.45) is 0 Å². The zero-order chi connectivity index (χ0) is 13.3. The minimum Gasteiger partial charge on any atom is -0.389 e. The topological polar surface area (TPSA) is 59.2 Å². The van der Waals surface area contributed by atoms with Crippen molar-refractivity contribution in [1.29, 1.82) is 0 Å². The van der Waals surface area contributed by atoms with Gasteiger partial charge in [-0.3, -0.25) is 0 Å². The number of alkyl halides is 3. The van der Waals surface area contributed by atoms with Gasteiger partial charge in [0.25, 0.3) is 0 Å². The molecule has 7 heteroatoms. The molecular formula is C11H9F3N2O2. The minimum atomic E-state index is -4.65. The molecule has 18 heavy (non-hydrogen) atoms. The highest BCUT2D eigenvalue weighted by molar-refractivity contribution is 5.54. The molecule has 1 atom stereocenters. The van der Waals surface area contributed by atoms with E-state index < -0.39 is 18.2 Å². The second-order valence-corrected chi connectivity index (χ2v) is 3.72. The van der Waals surface area contributed by atoms with Gasteiger partial charge in [0.05, 0.1) is 6.10 Å². The predicted octanol–water partition coefficient (Wildman–Crippen LogP) is 2.81. The van der Waals surface area contributed by atoms with Crippen LogP contribution in [0.2, 0.25) is 0 Å². The summed E-state index contributed by atoms with van der Waals surface area (Å²) in [6.07, 6.45) is -5.29. The summed E-state index contributed by atoms with van der Waals surface area (Å²) in [5.74, 6) is -1.52. The molecule has 2 aromatic rings. The number of rotatable bonds is 2. The van der Waals surface area contributed by atoms with E-state index in [4.69, 9.17) is 0 Å². The van der Waals surface area contributed by atoms with Gasteiger partial charge >= 0.3 is 12.1 Å². The zero-order valence-corrected chi connectivity index (χ0v) is 9.27. The molecule has 0 amide bonds. The Morgan fingerprint density at radius 3 is 2.28 bits per heavy atom. The third-order valence-corrected chi connectivity index (χ3v) is 2.32. The van der Waals surface area contributed by atoms with Crippen molar-refractivity contribution in [3.63, 3.8) is 0 Å². The largest absolute Gasteiger partial charge is 0.471 e. The number of nitrogens with zero attached hydrogens (tertiary/aromatic N) is 2. The molecule has 0 radical (unpaired) electrons. The first-order valence-corrected chi connectivity index (χ1v) is 5.07. The number of hydrogen-bond acceptors (Lipinski definition) is 4. The summed E-state index contributed by atoms with van der Waals surface area (Å²) >= 11 is 0. The first-order valence-electron chi connectivity index (χ1n) is 5.07. The maximum Gasteiger partial charge on any atom is 0.471 e. The van der Waals surface area contributed by atoms with Crippen molar-refractivity contribution in [3.8, 4) is 11.4 Å². The molecule has 0 aliphatic rings. The molecule has 0 bridgehead atoms. The van der Waals surface area contributed by atoms with Crippen LogP contribution in [0.5, 0.6) is 0 Å². The lowest BCUT2D eigenvalue weighted by Crippen LogP contribution is -2.04. The summed E-state index contributed by atoms with van der Waals surface area (Å²) in [4.78, 5) is 3.26. The third kappa shape index (κ3) is 2.51. The highest BCUT2D eigenvalue weighted by atomic mass is 19.4. The van der Waals surface area contributed by atoms with E-state index >= 15 is 0 Å². The van der Waals surface area contributed by atoms with Crippen LogP contribution in [-0.4, -0.2) is 15.2 Å². The number of hydrogen-bond donors (Lipinski definition) is 1. The molecule has 0 saturated carbocycles. The molecule has 1 aromatic carbocycles. The van der Waals surface area contributed by atoms with Gasteiger partial charge in [0.15, 0.2) is 0 Å². The zero-order valence-electron chi connectivity index (χ0n) is 9.27. The second-order valence-electron chi connectivity index (χ2n) is 3.72. The van der Waals surface area contributed by atoms with E-state index in [9.17, 15) is 18.3 Å². The van der Waals surface area contributed by atoms with E-state index in [0.29, 0.717) is 11.1 Å². The Bertz CT molecular complexity index is 532. The van der Waals surface area contributed by atoms with E-state index in [1.807, 2.05) is 0 Å². The molecule has 0 saturated heterocycles. The van der Waals surface area contributed by atoms with E-state index in [2.05, 4.69) is 14.7 Å². The maximum absolute atomic E-state index is 12.3. The Labute approximate surface area is 100 Å². The average molecular weight is 258 g/mol. The van der Waals surface area contributed by atoms with Crippen LogP contribution in [-0.2, 0) is 6.18 Å². The summed E-state index contributed by atoms with van der Waals surface area (Å²) in [6, 6.07) is 6.22. The molecule has 4 nitrogen and oxygen atoms in total. The molecule has 1 unspecified atom stereocenters. The Balaban J connectivity index is 2.29. The molecule has 96 valence electrons. The number of halogens is 3. The third-order valence-electron chi connectivity index (χ3n) is 2.32. The van der Waals surface area contributed by atoms with Crippen LogP contribution in [0.1, 0.15) is 24.5 Å². The summed E-state index contributed by atoms with van der Waals surface area (Å²) in [7, 11) is 0. The Hall–Kier alpha value is -1.89. The van der Waals surface area contributed by atoms with Crippen LogP contribution in [0, 0.1) is 0 Å². The lowest BCUT2D eigenvalue weighted by atomic mass is 10.1. The highest BCUT2D eigenvalue weighted by Crippen LogP contribution is 2.29. The quantitative estimate of drug-likeness (QED) is 0.899. The minimum absolute atomic E-state index is 0.139. The van der Waals surface area contributed by atoms with Gasteiger partial charge in [0.1, 0.15) is 0 Å². The molecule has 1 aromatic heterocycles. The van der Waals surface area contributed by atoms with E-state index in [1.54, 1.807) is 19.1 Å². The van der Waals surface area contributed by atoms with Gasteiger partial charge in [-0.2, -0.15) is 18.2 Å². The fourth-order valence-corrected chi connectivity index (χ4v) is 1.37. The van der Waals surface area contributed by atoms with E-state index in [0.717, 1.165) is 0 Å². The summed E-state index contributed by atoms with van der Waals surface area (Å²) in [6.45, 7) is 1.59. The van der Waals surface area contributed by atoms with Crippen LogP contribution < -0.4 is 0 Å². The van der Waals surface area contributed by atoms with Crippen molar-refractivity contribution in [2.75, 3.05) is 0 Å². The number of benzene rings is 1. The van der Waals surface area contributed by atoms with Gasteiger partial charge in [-0.1, -0.05) is 29.4 Å². The van der Waals surface area contributed by atoms with Crippen molar-refractivity contribution in [2.45, 2.75) is 19.2 Å². The van der Waals surface area contributed by atoms with Crippen LogP contribution in [0.25, 0.3) is 11.4 Å². The van der Waals surface area contributed by atoms with Gasteiger partial charge in [-0.25, -0.2) is 0 Å². The predicted molar refractivity (Wildman–Crippen MR) is 55.4 cm³/mol. The molecule has 2 rings (SSSR count). The van der Waals surface area contributed by atoms with Crippen molar-refractivity contribution in [1.82, 2.24) is 10.1 Å². The van der Waals surface area contributed by atoms with Crippen LogP contribution >= 0.6 is 0 Å². The molecule has 0 fully saturated rings. The average Bonchev–Trinajstić information content (AvgIpc) is 2.78. The van der Waals surface area contributed by atoms with Gasteiger partial charge in [0.2, 0.25) is 5.82 Å². The monoisotopic (exact) mass is 258 g/mol. The number of aromatic nitrogens is 2. The van der Waals surface area contributed by atoms with Crippen LogP contribution in [0.15, 0.2) is 28.8 Å². The van der Waals surface area contributed by atoms with E-state index in [1.165, 1.54) is 12.1 Å². The van der Waals surface area contributed by atoms with Crippen molar-refractivity contribution < 1.29 is 22.8 Å². The molecule has 0 spiro atoms. The summed E-state index contributed by atoms with van der Waals surface area (Å²) in [5, 5.41) is 12.6. The van der Waals surface area contributed by atoms with Gasteiger partial charge in [-0.05, 0) is 12.5 Å². The Morgan fingerprint density at radius 1 is 1.22 bits per heavy atom. The fraction of sp³-hybridized carbons (Fsp3) is 0.273. The van der Waals surface area contributed by atoms with Crippen molar-refractivity contribution in [3.05, 3.63) is 35.7 Å². The molecule has 0 aliphatic heterocycles. The lowest BCUT2D eigenvalue weighted by molar-refractivity contribution is -0.159. The van der Waals surface area contributed by atoms with E-state index in [-0.39, 0.29) is 5.82 Å².